The van der Waals surface area contributed by atoms with Gasteiger partial charge in [0.1, 0.15) is 0 Å². The quantitative estimate of drug-likeness (QED) is 0.848. The second-order valence-corrected chi connectivity index (χ2v) is 6.63. The van der Waals surface area contributed by atoms with Crippen LogP contribution < -0.4 is 0 Å². The minimum absolute atomic E-state index is 0. The van der Waals surface area contributed by atoms with Crippen LogP contribution in [0.2, 0.25) is 0 Å². The molecule has 1 atom stereocenters. The summed E-state index contributed by atoms with van der Waals surface area (Å²) in [6, 6.07) is 10.5. The standard InChI is InChI=1S/C19H25N3O.ClH/c1-2-6-17(7-3-1)22-19-8-4-5-16(18(19)15-20-22)9-10-21-11-13-23-14-12-21;/h1-3,6-7,15-16H,4-5,8-14H2;1H/t16-;/m0./s1. The molecule has 4 rings (SSSR count). The van der Waals surface area contributed by atoms with Gasteiger partial charge in [0, 0.05) is 18.8 Å². The van der Waals surface area contributed by atoms with E-state index in [0.717, 1.165) is 32.7 Å². The Hall–Kier alpha value is -1.36. The van der Waals surface area contributed by atoms with Gasteiger partial charge >= 0.3 is 0 Å². The molecule has 4 nitrogen and oxygen atoms in total. The summed E-state index contributed by atoms with van der Waals surface area (Å²) in [7, 11) is 0. The second kappa shape index (κ2) is 8.15. The van der Waals surface area contributed by atoms with Gasteiger partial charge < -0.3 is 4.74 Å². The first-order valence-electron chi connectivity index (χ1n) is 8.84. The normalized spacial score (nSPS) is 21.1. The maximum absolute atomic E-state index is 5.45. The Morgan fingerprint density at radius 3 is 2.71 bits per heavy atom. The Bertz CT molecular complexity index is 637. The minimum atomic E-state index is 0. The second-order valence-electron chi connectivity index (χ2n) is 6.63. The molecule has 130 valence electrons. The van der Waals surface area contributed by atoms with Crippen molar-refractivity contribution in [1.82, 2.24) is 14.7 Å². The topological polar surface area (TPSA) is 30.3 Å². The first kappa shape index (κ1) is 17.5. The van der Waals surface area contributed by atoms with Gasteiger partial charge in [-0.1, -0.05) is 18.2 Å². The number of aromatic nitrogens is 2. The number of hydrogen-bond donors (Lipinski definition) is 0. The van der Waals surface area contributed by atoms with Gasteiger partial charge in [-0.3, -0.25) is 4.90 Å². The molecule has 0 radical (unpaired) electrons. The van der Waals surface area contributed by atoms with Crippen molar-refractivity contribution in [1.29, 1.82) is 0 Å². The molecule has 0 saturated carbocycles. The molecule has 1 aliphatic carbocycles. The zero-order valence-corrected chi connectivity index (χ0v) is 14.9. The fourth-order valence-corrected chi connectivity index (χ4v) is 3.90. The molecule has 0 amide bonds. The van der Waals surface area contributed by atoms with E-state index in [9.17, 15) is 0 Å². The van der Waals surface area contributed by atoms with E-state index in [1.54, 1.807) is 0 Å². The average molecular weight is 348 g/mol. The molecule has 1 aliphatic heterocycles. The molecule has 1 aromatic heterocycles. The van der Waals surface area contributed by atoms with Crippen LogP contribution in [0.3, 0.4) is 0 Å². The molecule has 0 spiro atoms. The summed E-state index contributed by atoms with van der Waals surface area (Å²) in [4.78, 5) is 2.54. The summed E-state index contributed by atoms with van der Waals surface area (Å²) in [5.74, 6) is 0.666. The summed E-state index contributed by atoms with van der Waals surface area (Å²) in [6.45, 7) is 5.14. The maximum Gasteiger partial charge on any atom is 0.0648 e. The number of morpholine rings is 1. The van der Waals surface area contributed by atoms with Gasteiger partial charge in [0.25, 0.3) is 0 Å². The van der Waals surface area contributed by atoms with Crippen molar-refractivity contribution >= 4 is 12.4 Å². The molecule has 2 aromatic rings. The van der Waals surface area contributed by atoms with E-state index < -0.39 is 0 Å². The van der Waals surface area contributed by atoms with E-state index in [2.05, 4.69) is 46.1 Å². The zero-order chi connectivity index (χ0) is 15.5. The first-order valence-corrected chi connectivity index (χ1v) is 8.84. The number of para-hydroxylation sites is 1. The number of ether oxygens (including phenoxy) is 1. The molecule has 1 fully saturated rings. The Morgan fingerprint density at radius 1 is 1.12 bits per heavy atom. The Balaban J connectivity index is 0.00000169. The summed E-state index contributed by atoms with van der Waals surface area (Å²) < 4.78 is 7.59. The highest BCUT2D eigenvalue weighted by atomic mass is 35.5. The smallest absolute Gasteiger partial charge is 0.0648 e. The lowest BCUT2D eigenvalue weighted by atomic mass is 9.84. The molecule has 2 aliphatic rings. The van der Waals surface area contributed by atoms with Gasteiger partial charge in [-0.2, -0.15) is 5.10 Å². The third-order valence-electron chi connectivity index (χ3n) is 5.21. The fraction of sp³-hybridized carbons (Fsp3) is 0.526. The SMILES string of the molecule is Cl.c1ccc(-n2ncc3c2CCC[C@H]3CCN2CCOCC2)cc1. The molecule has 1 aromatic carbocycles. The van der Waals surface area contributed by atoms with Crippen LogP contribution in [0.1, 0.15) is 36.4 Å². The predicted molar refractivity (Wildman–Crippen MR) is 98.4 cm³/mol. The molecule has 0 unspecified atom stereocenters. The Kier molecular flexibility index (Phi) is 5.93. The molecule has 5 heteroatoms. The van der Waals surface area contributed by atoms with E-state index in [1.165, 1.54) is 42.8 Å². The highest BCUT2D eigenvalue weighted by Crippen LogP contribution is 2.35. The first-order chi connectivity index (χ1) is 11.4. The lowest BCUT2D eigenvalue weighted by molar-refractivity contribution is 0.0363. The van der Waals surface area contributed by atoms with Crippen LogP contribution >= 0.6 is 12.4 Å². The molecule has 0 bridgehead atoms. The third-order valence-corrected chi connectivity index (χ3v) is 5.21. The van der Waals surface area contributed by atoms with E-state index >= 15 is 0 Å². The summed E-state index contributed by atoms with van der Waals surface area (Å²) >= 11 is 0. The van der Waals surface area contributed by atoms with Crippen molar-refractivity contribution < 1.29 is 4.74 Å². The highest BCUT2D eigenvalue weighted by molar-refractivity contribution is 5.85. The van der Waals surface area contributed by atoms with Crippen LogP contribution in [-0.2, 0) is 11.2 Å². The van der Waals surface area contributed by atoms with Gasteiger partial charge in [-0.15, -0.1) is 12.4 Å². The number of hydrogen-bond acceptors (Lipinski definition) is 3. The lowest BCUT2D eigenvalue weighted by Crippen LogP contribution is -2.37. The van der Waals surface area contributed by atoms with E-state index in [1.807, 2.05) is 0 Å². The predicted octanol–water partition coefficient (Wildman–Crippen LogP) is 3.44. The number of rotatable bonds is 4. The van der Waals surface area contributed by atoms with Crippen molar-refractivity contribution in [3.8, 4) is 5.69 Å². The van der Waals surface area contributed by atoms with Crippen LogP contribution in [0.25, 0.3) is 5.69 Å². The number of benzene rings is 1. The third kappa shape index (κ3) is 3.66. The van der Waals surface area contributed by atoms with Crippen LogP contribution in [-0.4, -0.2) is 47.5 Å². The molecule has 2 heterocycles. The molecule has 1 saturated heterocycles. The van der Waals surface area contributed by atoms with Gasteiger partial charge in [0.05, 0.1) is 25.1 Å². The maximum atomic E-state index is 5.45. The molecular formula is C19H26ClN3O. The van der Waals surface area contributed by atoms with Crippen molar-refractivity contribution in [2.24, 2.45) is 0 Å². The Morgan fingerprint density at radius 2 is 1.92 bits per heavy atom. The van der Waals surface area contributed by atoms with Gasteiger partial charge in [-0.25, -0.2) is 4.68 Å². The fourth-order valence-electron chi connectivity index (χ4n) is 3.90. The van der Waals surface area contributed by atoms with Crippen LogP contribution in [0.4, 0.5) is 0 Å². The summed E-state index contributed by atoms with van der Waals surface area (Å²) in [5, 5.41) is 4.70. The van der Waals surface area contributed by atoms with E-state index in [0.29, 0.717) is 5.92 Å². The molecule has 0 N–H and O–H groups in total. The lowest BCUT2D eigenvalue weighted by Gasteiger charge is -2.29. The summed E-state index contributed by atoms with van der Waals surface area (Å²) in [5.41, 5.74) is 4.09. The number of halogens is 1. The van der Waals surface area contributed by atoms with Gasteiger partial charge in [-0.05, 0) is 55.8 Å². The van der Waals surface area contributed by atoms with Crippen LogP contribution in [0.5, 0.6) is 0 Å². The van der Waals surface area contributed by atoms with Crippen molar-refractivity contribution in [3.05, 3.63) is 47.8 Å². The van der Waals surface area contributed by atoms with Crippen LogP contribution in [0, 0.1) is 0 Å². The average Bonchev–Trinajstić information content (AvgIpc) is 3.06. The Labute approximate surface area is 150 Å². The zero-order valence-electron chi connectivity index (χ0n) is 14.1. The largest absolute Gasteiger partial charge is 0.379 e. The van der Waals surface area contributed by atoms with E-state index in [4.69, 9.17) is 9.84 Å². The van der Waals surface area contributed by atoms with Gasteiger partial charge in [0.15, 0.2) is 0 Å². The molecular weight excluding hydrogens is 322 g/mol. The van der Waals surface area contributed by atoms with E-state index in [-0.39, 0.29) is 12.4 Å². The highest BCUT2D eigenvalue weighted by Gasteiger charge is 2.25. The van der Waals surface area contributed by atoms with Crippen molar-refractivity contribution in [2.45, 2.75) is 31.6 Å². The molecule has 24 heavy (non-hydrogen) atoms. The van der Waals surface area contributed by atoms with Gasteiger partial charge in [0.2, 0.25) is 0 Å². The number of fused-ring (bicyclic) bond motifs is 1. The van der Waals surface area contributed by atoms with Crippen molar-refractivity contribution in [3.63, 3.8) is 0 Å². The van der Waals surface area contributed by atoms with Crippen molar-refractivity contribution in [2.75, 3.05) is 32.8 Å². The monoisotopic (exact) mass is 347 g/mol. The minimum Gasteiger partial charge on any atom is -0.379 e. The van der Waals surface area contributed by atoms with Crippen LogP contribution in [0.15, 0.2) is 36.5 Å². The summed E-state index contributed by atoms with van der Waals surface area (Å²) in [6.07, 6.45) is 7.09. The number of nitrogens with zero attached hydrogens (tertiary/aromatic N) is 3.